The molecule has 1 aliphatic heterocycles. The quantitative estimate of drug-likeness (QED) is 0.492. The lowest BCUT2D eigenvalue weighted by molar-refractivity contribution is -0.384. The molecule has 22 heavy (non-hydrogen) atoms. The van der Waals surface area contributed by atoms with Crippen LogP contribution in [0.2, 0.25) is 0 Å². The predicted octanol–water partition coefficient (Wildman–Crippen LogP) is 3.67. The van der Waals surface area contributed by atoms with Crippen LogP contribution in [0.15, 0.2) is 65.5 Å². The number of rotatable bonds is 3. The van der Waals surface area contributed by atoms with E-state index in [1.165, 1.54) is 12.1 Å². The number of benzene rings is 2. The summed E-state index contributed by atoms with van der Waals surface area (Å²) in [5.74, 6) is 1.48. The Morgan fingerprint density at radius 2 is 1.91 bits per heavy atom. The Labute approximate surface area is 127 Å². The van der Waals surface area contributed by atoms with E-state index in [9.17, 15) is 10.1 Å². The molecule has 0 amide bonds. The summed E-state index contributed by atoms with van der Waals surface area (Å²) in [6.07, 6.45) is 3.36. The van der Waals surface area contributed by atoms with Crippen molar-refractivity contribution in [1.82, 2.24) is 0 Å². The lowest BCUT2D eigenvalue weighted by atomic mass is 10.3. The van der Waals surface area contributed by atoms with E-state index >= 15 is 0 Å². The third-order valence-electron chi connectivity index (χ3n) is 3.27. The third-order valence-corrected chi connectivity index (χ3v) is 3.27. The number of anilines is 1. The van der Waals surface area contributed by atoms with E-state index in [1.807, 2.05) is 36.2 Å². The van der Waals surface area contributed by atoms with Crippen LogP contribution < -0.4 is 9.64 Å². The minimum absolute atomic E-state index is 0.0478. The van der Waals surface area contributed by atoms with Crippen molar-refractivity contribution in [2.45, 2.75) is 0 Å². The van der Waals surface area contributed by atoms with Gasteiger partial charge in [0.15, 0.2) is 5.75 Å². The lowest BCUT2D eigenvalue weighted by Crippen LogP contribution is -2.13. The van der Waals surface area contributed by atoms with Crippen molar-refractivity contribution < 1.29 is 9.66 Å². The average Bonchev–Trinajstić information content (AvgIpc) is 2.85. The molecule has 0 radical (unpaired) electrons. The number of aliphatic imine (C=N–C) groups is 1. The Hall–Kier alpha value is -3.15. The van der Waals surface area contributed by atoms with Gasteiger partial charge in [0.2, 0.25) is 5.88 Å². The highest BCUT2D eigenvalue weighted by Crippen LogP contribution is 2.36. The molecule has 0 saturated heterocycles. The summed E-state index contributed by atoms with van der Waals surface area (Å²) in [7, 11) is 1.91. The van der Waals surface area contributed by atoms with E-state index < -0.39 is 4.92 Å². The molecule has 6 nitrogen and oxygen atoms in total. The molecule has 0 atom stereocenters. The zero-order valence-electron chi connectivity index (χ0n) is 11.8. The van der Waals surface area contributed by atoms with Crippen LogP contribution in [0, 0.1) is 10.1 Å². The molecule has 6 heteroatoms. The Bertz CT molecular complexity index is 766. The number of nitro groups is 1. The minimum atomic E-state index is -0.436. The van der Waals surface area contributed by atoms with E-state index in [-0.39, 0.29) is 5.69 Å². The number of para-hydroxylation sites is 2. The SMILES string of the molecule is CN1C(=CC=Nc2ccc([N+](=O)[O-])cc2)Oc2ccccc21. The fraction of sp³-hybridized carbons (Fsp3) is 0.0625. The number of hydrogen-bond acceptors (Lipinski definition) is 5. The van der Waals surface area contributed by atoms with E-state index in [2.05, 4.69) is 4.99 Å². The summed E-state index contributed by atoms with van der Waals surface area (Å²) >= 11 is 0. The highest BCUT2D eigenvalue weighted by molar-refractivity contribution is 5.78. The minimum Gasteiger partial charge on any atom is -0.439 e. The summed E-state index contributed by atoms with van der Waals surface area (Å²) in [4.78, 5) is 16.3. The largest absolute Gasteiger partial charge is 0.439 e. The van der Waals surface area contributed by atoms with Crippen LogP contribution in [0.25, 0.3) is 0 Å². The van der Waals surface area contributed by atoms with Crippen LogP contribution in [0.1, 0.15) is 0 Å². The van der Waals surface area contributed by atoms with Gasteiger partial charge in [-0.2, -0.15) is 0 Å². The van der Waals surface area contributed by atoms with Crippen LogP contribution in [0.4, 0.5) is 17.1 Å². The molecular formula is C16H13N3O3. The number of non-ortho nitro benzene ring substituents is 1. The molecule has 0 aliphatic carbocycles. The van der Waals surface area contributed by atoms with Gasteiger partial charge in [-0.1, -0.05) is 12.1 Å². The van der Waals surface area contributed by atoms with Gasteiger partial charge in [-0.15, -0.1) is 0 Å². The number of nitrogens with zero attached hydrogens (tertiary/aromatic N) is 3. The molecule has 0 fully saturated rings. The van der Waals surface area contributed by atoms with E-state index in [4.69, 9.17) is 4.74 Å². The zero-order chi connectivity index (χ0) is 15.5. The third kappa shape index (κ3) is 2.67. The molecule has 0 bridgehead atoms. The molecule has 0 unspecified atom stereocenters. The molecule has 2 aromatic carbocycles. The first-order chi connectivity index (χ1) is 10.6. The Balaban J connectivity index is 1.73. The van der Waals surface area contributed by atoms with Crippen LogP contribution in [0.5, 0.6) is 5.75 Å². The van der Waals surface area contributed by atoms with Gasteiger partial charge in [-0.25, -0.2) is 0 Å². The molecule has 0 N–H and O–H groups in total. The number of fused-ring (bicyclic) bond motifs is 1. The lowest BCUT2D eigenvalue weighted by Gasteiger charge is -2.09. The first-order valence-corrected chi connectivity index (χ1v) is 6.64. The first kappa shape index (κ1) is 13.8. The van der Waals surface area contributed by atoms with Gasteiger partial charge in [0.1, 0.15) is 0 Å². The van der Waals surface area contributed by atoms with Crippen LogP contribution in [-0.4, -0.2) is 18.2 Å². The van der Waals surface area contributed by atoms with Gasteiger partial charge in [-0.3, -0.25) is 15.1 Å². The van der Waals surface area contributed by atoms with Crippen molar-refractivity contribution in [3.63, 3.8) is 0 Å². The van der Waals surface area contributed by atoms with E-state index in [0.29, 0.717) is 11.6 Å². The first-order valence-electron chi connectivity index (χ1n) is 6.64. The molecule has 0 aromatic heterocycles. The maximum absolute atomic E-state index is 10.6. The molecule has 2 aromatic rings. The topological polar surface area (TPSA) is 68.0 Å². The van der Waals surface area contributed by atoms with Crippen LogP contribution >= 0.6 is 0 Å². The highest BCUT2D eigenvalue weighted by Gasteiger charge is 2.21. The van der Waals surface area contributed by atoms with Gasteiger partial charge in [0.05, 0.1) is 16.3 Å². The standard InChI is InChI=1S/C16H13N3O3/c1-18-14-4-2-3-5-15(14)22-16(18)10-11-17-12-6-8-13(9-7-12)19(20)21/h2-11H,1H3. The summed E-state index contributed by atoms with van der Waals surface area (Å²) in [5.41, 5.74) is 1.68. The fourth-order valence-electron chi connectivity index (χ4n) is 2.11. The van der Waals surface area contributed by atoms with Gasteiger partial charge in [-0.05, 0) is 24.3 Å². The number of hydrogen-bond donors (Lipinski definition) is 0. The van der Waals surface area contributed by atoms with Gasteiger partial charge < -0.3 is 9.64 Å². The Kier molecular flexibility index (Phi) is 3.57. The Morgan fingerprint density at radius 1 is 1.18 bits per heavy atom. The highest BCUT2D eigenvalue weighted by atomic mass is 16.6. The average molecular weight is 295 g/mol. The van der Waals surface area contributed by atoms with Gasteiger partial charge in [0.25, 0.3) is 5.69 Å². The number of ether oxygens (including phenoxy) is 1. The molecule has 1 heterocycles. The molecule has 0 spiro atoms. The Morgan fingerprint density at radius 3 is 2.59 bits per heavy atom. The second-order valence-corrected chi connectivity index (χ2v) is 4.69. The monoisotopic (exact) mass is 295 g/mol. The van der Waals surface area contributed by atoms with Crippen molar-refractivity contribution >= 4 is 23.3 Å². The van der Waals surface area contributed by atoms with Gasteiger partial charge >= 0.3 is 0 Å². The van der Waals surface area contributed by atoms with Crippen molar-refractivity contribution in [3.05, 3.63) is 70.6 Å². The molecule has 3 rings (SSSR count). The van der Waals surface area contributed by atoms with Crippen LogP contribution in [0.3, 0.4) is 0 Å². The fourth-order valence-corrected chi connectivity index (χ4v) is 2.11. The van der Waals surface area contributed by atoms with Crippen molar-refractivity contribution in [2.24, 2.45) is 4.99 Å². The second-order valence-electron chi connectivity index (χ2n) is 4.69. The summed E-state index contributed by atoms with van der Waals surface area (Å²) in [6, 6.07) is 13.8. The van der Waals surface area contributed by atoms with Crippen molar-refractivity contribution in [2.75, 3.05) is 11.9 Å². The normalized spacial score (nSPS) is 15.1. The van der Waals surface area contributed by atoms with Crippen LogP contribution in [-0.2, 0) is 0 Å². The summed E-state index contributed by atoms with van der Waals surface area (Å²) < 4.78 is 5.71. The van der Waals surface area contributed by atoms with Crippen molar-refractivity contribution in [3.8, 4) is 5.75 Å². The zero-order valence-corrected chi connectivity index (χ0v) is 11.8. The molecule has 110 valence electrons. The number of nitro benzene ring substituents is 1. The van der Waals surface area contributed by atoms with Crippen molar-refractivity contribution in [1.29, 1.82) is 0 Å². The van der Waals surface area contributed by atoms with E-state index in [1.54, 1.807) is 24.4 Å². The maximum Gasteiger partial charge on any atom is 0.269 e. The van der Waals surface area contributed by atoms with E-state index in [0.717, 1.165) is 11.4 Å². The smallest absolute Gasteiger partial charge is 0.269 e. The maximum atomic E-state index is 10.6. The summed E-state index contributed by atoms with van der Waals surface area (Å²) in [6.45, 7) is 0. The summed E-state index contributed by atoms with van der Waals surface area (Å²) in [5, 5.41) is 10.6. The van der Waals surface area contributed by atoms with Gasteiger partial charge in [0, 0.05) is 31.5 Å². The molecule has 1 aliphatic rings. The molecule has 0 saturated carbocycles. The second kappa shape index (κ2) is 5.69. The predicted molar refractivity (Wildman–Crippen MR) is 84.8 cm³/mol. The molecular weight excluding hydrogens is 282 g/mol. The number of allylic oxidation sites excluding steroid dienone is 1.